The summed E-state index contributed by atoms with van der Waals surface area (Å²) in [5, 5.41) is 9.01. The highest BCUT2D eigenvalue weighted by atomic mass is 35.5. The predicted octanol–water partition coefficient (Wildman–Crippen LogP) is 4.49. The van der Waals surface area contributed by atoms with Crippen LogP contribution in [0.4, 0.5) is 17.2 Å². The van der Waals surface area contributed by atoms with E-state index in [1.165, 1.54) is 11.0 Å². The topological polar surface area (TPSA) is 77.9 Å². The van der Waals surface area contributed by atoms with Crippen molar-refractivity contribution in [3.8, 4) is 0 Å². The second-order valence-electron chi connectivity index (χ2n) is 7.00. The van der Waals surface area contributed by atoms with Crippen molar-refractivity contribution >= 4 is 47.3 Å². The molecular weight excluding hydrogens is 414 g/mol. The van der Waals surface area contributed by atoms with Gasteiger partial charge in [-0.15, -0.1) is 0 Å². The molecule has 0 bridgehead atoms. The van der Waals surface area contributed by atoms with E-state index in [1.54, 1.807) is 47.8 Å². The van der Waals surface area contributed by atoms with Gasteiger partial charge in [-0.05, 0) is 54.4 Å². The number of hydrogen-bond donors (Lipinski definition) is 1. The molecule has 0 atom stereocenters. The number of hydrazone groups is 1. The summed E-state index contributed by atoms with van der Waals surface area (Å²) in [5.41, 5.74) is 3.11. The first-order chi connectivity index (χ1) is 14.9. The van der Waals surface area contributed by atoms with Crippen LogP contribution in [0.25, 0.3) is 0 Å². The molecule has 1 heterocycles. The maximum absolute atomic E-state index is 13.0. The number of rotatable bonds is 7. The summed E-state index contributed by atoms with van der Waals surface area (Å²) in [7, 11) is 3.66. The van der Waals surface area contributed by atoms with Crippen LogP contribution in [0, 0.1) is 6.92 Å². The van der Waals surface area contributed by atoms with Crippen LogP contribution in [0.2, 0.25) is 5.02 Å². The summed E-state index contributed by atoms with van der Waals surface area (Å²) < 4.78 is 0. The molecule has 0 unspecified atom stereocenters. The Hall–Kier alpha value is -3.71. The summed E-state index contributed by atoms with van der Waals surface area (Å²) in [4.78, 5) is 30.5. The fourth-order valence-corrected chi connectivity index (χ4v) is 2.96. The normalized spacial score (nSPS) is 10.7. The lowest BCUT2D eigenvalue weighted by atomic mass is 10.1. The Morgan fingerprint density at radius 3 is 2.45 bits per heavy atom. The highest BCUT2D eigenvalue weighted by Gasteiger charge is 2.19. The van der Waals surface area contributed by atoms with Gasteiger partial charge in [0.05, 0.1) is 17.5 Å². The Labute approximate surface area is 186 Å². The molecule has 8 heteroatoms. The SMILES string of the molecule is Cc1ccc(NC(=O)c2cc(Cl)ccc2N(C=O)c2ccc(C=NN(C)C)cc2)nc1. The van der Waals surface area contributed by atoms with E-state index >= 15 is 0 Å². The molecule has 2 amide bonds. The molecule has 2 aromatic carbocycles. The van der Waals surface area contributed by atoms with Crippen LogP contribution < -0.4 is 10.2 Å². The lowest BCUT2D eigenvalue weighted by Gasteiger charge is -2.21. The van der Waals surface area contributed by atoms with Crippen molar-refractivity contribution in [2.75, 3.05) is 24.3 Å². The zero-order valence-corrected chi connectivity index (χ0v) is 18.2. The molecule has 0 aliphatic heterocycles. The van der Waals surface area contributed by atoms with Crippen molar-refractivity contribution in [2.45, 2.75) is 6.92 Å². The summed E-state index contributed by atoms with van der Waals surface area (Å²) in [6.45, 7) is 1.91. The Morgan fingerprint density at radius 1 is 1.10 bits per heavy atom. The van der Waals surface area contributed by atoms with Gasteiger partial charge in [0, 0.05) is 31.0 Å². The van der Waals surface area contributed by atoms with Crippen LogP contribution in [-0.2, 0) is 4.79 Å². The minimum Gasteiger partial charge on any atom is -0.306 e. The maximum atomic E-state index is 13.0. The summed E-state index contributed by atoms with van der Waals surface area (Å²) >= 11 is 6.14. The molecule has 0 saturated carbocycles. The fourth-order valence-electron chi connectivity index (χ4n) is 2.79. The van der Waals surface area contributed by atoms with Crippen molar-refractivity contribution in [3.63, 3.8) is 0 Å². The summed E-state index contributed by atoms with van der Waals surface area (Å²) in [5.74, 6) is -0.0147. The highest BCUT2D eigenvalue weighted by Crippen LogP contribution is 2.30. The second kappa shape index (κ2) is 9.86. The Bertz CT molecular complexity index is 1100. The first-order valence-electron chi connectivity index (χ1n) is 9.47. The molecule has 31 heavy (non-hydrogen) atoms. The first-order valence-corrected chi connectivity index (χ1v) is 9.84. The number of pyridine rings is 1. The predicted molar refractivity (Wildman–Crippen MR) is 124 cm³/mol. The lowest BCUT2D eigenvalue weighted by Crippen LogP contribution is -2.21. The standard InChI is InChI=1S/C23H22ClN5O2/c1-16-4-11-22(25-13-16)27-23(31)20-12-18(24)7-10-21(20)29(15-30)19-8-5-17(6-9-19)14-26-28(2)3/h4-15H,1-3H3,(H,25,27,31). The van der Waals surface area contributed by atoms with E-state index in [0.29, 0.717) is 28.6 Å². The van der Waals surface area contributed by atoms with Gasteiger partial charge < -0.3 is 10.3 Å². The average Bonchev–Trinajstić information content (AvgIpc) is 2.76. The number of aromatic nitrogens is 1. The quantitative estimate of drug-likeness (QED) is 0.337. The van der Waals surface area contributed by atoms with Gasteiger partial charge in [-0.1, -0.05) is 29.8 Å². The number of carbonyl (C=O) groups is 2. The third-order valence-electron chi connectivity index (χ3n) is 4.33. The molecule has 3 rings (SSSR count). The van der Waals surface area contributed by atoms with Gasteiger partial charge in [0.15, 0.2) is 0 Å². The van der Waals surface area contributed by atoms with Crippen LogP contribution in [-0.4, -0.2) is 42.6 Å². The highest BCUT2D eigenvalue weighted by molar-refractivity contribution is 6.31. The molecular formula is C23H22ClN5O2. The Morgan fingerprint density at radius 2 is 1.84 bits per heavy atom. The first kappa shape index (κ1) is 22.0. The molecule has 7 nitrogen and oxygen atoms in total. The molecule has 0 saturated heterocycles. The maximum Gasteiger partial charge on any atom is 0.259 e. The third kappa shape index (κ3) is 5.67. The van der Waals surface area contributed by atoms with Gasteiger partial charge in [0.1, 0.15) is 5.82 Å². The van der Waals surface area contributed by atoms with E-state index in [1.807, 2.05) is 39.2 Å². The molecule has 1 N–H and O–H groups in total. The van der Waals surface area contributed by atoms with E-state index in [9.17, 15) is 9.59 Å². The molecule has 0 fully saturated rings. The summed E-state index contributed by atoms with van der Waals surface area (Å²) in [6.07, 6.45) is 4.03. The third-order valence-corrected chi connectivity index (χ3v) is 4.57. The number of aryl methyl sites for hydroxylation is 1. The van der Waals surface area contributed by atoms with Gasteiger partial charge in [0.2, 0.25) is 6.41 Å². The largest absolute Gasteiger partial charge is 0.306 e. The minimum absolute atomic E-state index is 0.250. The molecule has 0 spiro atoms. The monoisotopic (exact) mass is 435 g/mol. The van der Waals surface area contributed by atoms with Crippen LogP contribution in [0.5, 0.6) is 0 Å². The van der Waals surface area contributed by atoms with Gasteiger partial charge >= 0.3 is 0 Å². The van der Waals surface area contributed by atoms with E-state index in [0.717, 1.165) is 11.1 Å². The number of benzene rings is 2. The molecule has 0 radical (unpaired) electrons. The molecule has 0 aliphatic rings. The zero-order chi connectivity index (χ0) is 22.4. The van der Waals surface area contributed by atoms with Crippen molar-refractivity contribution in [1.82, 2.24) is 9.99 Å². The average molecular weight is 436 g/mol. The van der Waals surface area contributed by atoms with Crippen molar-refractivity contribution in [1.29, 1.82) is 0 Å². The van der Waals surface area contributed by atoms with Gasteiger partial charge in [0.25, 0.3) is 5.91 Å². The van der Waals surface area contributed by atoms with Crippen LogP contribution in [0.1, 0.15) is 21.5 Å². The Balaban J connectivity index is 1.92. The molecule has 158 valence electrons. The summed E-state index contributed by atoms with van der Waals surface area (Å²) in [6, 6.07) is 15.6. The van der Waals surface area contributed by atoms with E-state index in [4.69, 9.17) is 11.6 Å². The Kier molecular flexibility index (Phi) is 6.99. The van der Waals surface area contributed by atoms with Crippen molar-refractivity contribution in [3.05, 3.63) is 82.5 Å². The van der Waals surface area contributed by atoms with Crippen molar-refractivity contribution in [2.24, 2.45) is 5.10 Å². The lowest BCUT2D eigenvalue weighted by molar-refractivity contribution is -0.106. The van der Waals surface area contributed by atoms with Gasteiger partial charge in [-0.25, -0.2) is 4.98 Å². The number of nitrogens with zero attached hydrogens (tertiary/aromatic N) is 4. The van der Waals surface area contributed by atoms with E-state index in [2.05, 4.69) is 15.4 Å². The number of amides is 2. The van der Waals surface area contributed by atoms with Gasteiger partial charge in [-0.3, -0.25) is 14.5 Å². The molecule has 0 aliphatic carbocycles. The zero-order valence-electron chi connectivity index (χ0n) is 17.4. The fraction of sp³-hybridized carbons (Fsp3) is 0.130. The van der Waals surface area contributed by atoms with E-state index in [-0.39, 0.29) is 5.56 Å². The van der Waals surface area contributed by atoms with Gasteiger partial charge in [-0.2, -0.15) is 5.10 Å². The minimum atomic E-state index is -0.421. The number of nitrogens with one attached hydrogen (secondary N) is 1. The van der Waals surface area contributed by atoms with Crippen LogP contribution in [0.15, 0.2) is 65.9 Å². The van der Waals surface area contributed by atoms with Crippen LogP contribution >= 0.6 is 11.6 Å². The molecule has 3 aromatic rings. The molecule has 1 aromatic heterocycles. The second-order valence-corrected chi connectivity index (χ2v) is 7.43. The number of halogens is 1. The number of hydrogen-bond acceptors (Lipinski definition) is 5. The smallest absolute Gasteiger partial charge is 0.259 e. The number of anilines is 3. The number of carbonyl (C=O) groups excluding carboxylic acids is 2. The van der Waals surface area contributed by atoms with Crippen LogP contribution in [0.3, 0.4) is 0 Å². The van der Waals surface area contributed by atoms with E-state index < -0.39 is 5.91 Å². The van der Waals surface area contributed by atoms with Crippen molar-refractivity contribution < 1.29 is 9.59 Å².